The maximum Gasteiger partial charge on any atom is 0.333 e. The molecule has 0 unspecified atom stereocenters. The van der Waals surface area contributed by atoms with Gasteiger partial charge in [-0.05, 0) is 18.9 Å². The Morgan fingerprint density at radius 2 is 1.79 bits per heavy atom. The zero-order valence-electron chi connectivity index (χ0n) is 19.1. The number of aliphatic hydroxyl groups is 1. The molecule has 0 amide bonds. The third-order valence-corrected chi connectivity index (χ3v) is 6.36. The van der Waals surface area contributed by atoms with E-state index in [0.29, 0.717) is 0 Å². The smallest absolute Gasteiger partial charge is 0.333 e. The van der Waals surface area contributed by atoms with Crippen molar-refractivity contribution in [1.29, 1.82) is 0 Å². The Morgan fingerprint density at radius 3 is 2.45 bits per heavy atom. The van der Waals surface area contributed by atoms with Crippen molar-refractivity contribution in [2.75, 3.05) is 11.9 Å². The molecule has 1 aromatic carbocycles. The summed E-state index contributed by atoms with van der Waals surface area (Å²) in [5, 5.41) is 21.9. The Balaban J connectivity index is 1.50. The van der Waals surface area contributed by atoms with Crippen LogP contribution in [0.15, 0.2) is 24.8 Å². The van der Waals surface area contributed by atoms with Crippen LogP contribution in [0.2, 0.25) is 0 Å². The second-order valence-electron chi connectivity index (χ2n) is 8.48. The second-order valence-corrected chi connectivity index (χ2v) is 9.70. The normalized spacial score (nSPS) is 19.6. The highest BCUT2D eigenvalue weighted by atomic mass is 32.2. The van der Waals surface area contributed by atoms with E-state index in [1.807, 2.05) is 0 Å². The summed E-state index contributed by atoms with van der Waals surface area (Å²) in [6, 6.07) is 0.734. The van der Waals surface area contributed by atoms with E-state index in [1.54, 1.807) is 0 Å². The molecule has 11 nitrogen and oxygen atoms in total. The molecule has 1 aliphatic rings. The van der Waals surface area contributed by atoms with E-state index in [2.05, 4.69) is 24.6 Å². The second kappa shape index (κ2) is 10.7. The van der Waals surface area contributed by atoms with Crippen LogP contribution < -0.4 is 10.5 Å². The van der Waals surface area contributed by atoms with Gasteiger partial charge in [-0.2, -0.15) is 13.5 Å². The van der Waals surface area contributed by atoms with Gasteiger partial charge >= 0.3 is 10.3 Å². The molecule has 1 aliphatic carbocycles. The highest BCUT2D eigenvalue weighted by Gasteiger charge is 2.35. The van der Waals surface area contributed by atoms with Crippen LogP contribution in [-0.4, -0.2) is 57.8 Å². The van der Waals surface area contributed by atoms with Gasteiger partial charge in [0.2, 0.25) is 11.6 Å². The zero-order chi connectivity index (χ0) is 27.8. The van der Waals surface area contributed by atoms with Crippen LogP contribution >= 0.6 is 0 Å². The predicted molar refractivity (Wildman–Crippen MR) is 118 cm³/mol. The van der Waals surface area contributed by atoms with Gasteiger partial charge in [0.25, 0.3) is 0 Å². The summed E-state index contributed by atoms with van der Waals surface area (Å²) in [5.74, 6) is -11.8. The zero-order valence-corrected chi connectivity index (χ0v) is 19.9. The third kappa shape index (κ3) is 5.79. The van der Waals surface area contributed by atoms with Crippen molar-refractivity contribution < 1.29 is 44.5 Å². The number of halogens is 5. The minimum atomic E-state index is -4.19. The van der Waals surface area contributed by atoms with Gasteiger partial charge in [-0.25, -0.2) is 37.1 Å². The first-order valence-corrected chi connectivity index (χ1v) is 12.3. The lowest BCUT2D eigenvalue weighted by Gasteiger charge is -2.15. The van der Waals surface area contributed by atoms with Crippen LogP contribution in [0, 0.1) is 35.0 Å². The number of anilines is 1. The van der Waals surface area contributed by atoms with Gasteiger partial charge in [-0.15, -0.1) is 0 Å². The van der Waals surface area contributed by atoms with Crippen molar-refractivity contribution in [3.05, 3.63) is 70.7 Å². The molecule has 0 radical (unpaired) electrons. The SMILES string of the molecule is NS(=O)(=O)OC[C@H]1C[C@@H](Nc2ncncc2C(=O)c2ccn(Cc3c(F)c(F)c(F)c(F)c3F)n2)C[C@@H]1O. The molecule has 0 aliphatic heterocycles. The van der Waals surface area contributed by atoms with Gasteiger partial charge in [0.05, 0.1) is 30.4 Å². The number of nitrogens with two attached hydrogens (primary N) is 1. The molecule has 3 aromatic rings. The first-order chi connectivity index (χ1) is 17.9. The molecule has 0 bridgehead atoms. The molecule has 0 spiro atoms. The number of benzene rings is 1. The van der Waals surface area contributed by atoms with Crippen molar-refractivity contribution in [1.82, 2.24) is 19.7 Å². The molecular weight excluding hydrogens is 543 g/mol. The first kappa shape index (κ1) is 27.5. The first-order valence-electron chi connectivity index (χ1n) is 10.9. The van der Waals surface area contributed by atoms with Crippen LogP contribution in [0.5, 0.6) is 0 Å². The molecular formula is C21H19F5N6O5S. The third-order valence-electron chi connectivity index (χ3n) is 5.90. The standard InChI is InChI=1S/C21H19F5N6O5S/c22-15-12(16(23)18(25)19(26)17(15)24)6-32-2-1-13(31-32)20(34)11-5-28-8-29-21(11)30-10-3-9(14(33)4-10)7-37-38(27,35)36/h1-2,5,8-10,14,33H,3-4,6-7H2,(H2,27,35,36)(H,28,29,30)/t9-,10-,14+/m1/s1. The van der Waals surface area contributed by atoms with Gasteiger partial charge in [-0.1, -0.05) is 0 Å². The highest BCUT2D eigenvalue weighted by molar-refractivity contribution is 7.84. The number of ketones is 1. The van der Waals surface area contributed by atoms with Crippen LogP contribution in [0.25, 0.3) is 0 Å². The van der Waals surface area contributed by atoms with Crippen LogP contribution in [0.1, 0.15) is 34.5 Å². The lowest BCUT2D eigenvalue weighted by Crippen LogP contribution is -2.24. The Bertz CT molecular complexity index is 1460. The quantitative estimate of drug-likeness (QED) is 0.152. The number of hydrogen-bond donors (Lipinski definition) is 3. The van der Waals surface area contributed by atoms with Gasteiger partial charge in [0.1, 0.15) is 17.8 Å². The lowest BCUT2D eigenvalue weighted by molar-refractivity contribution is 0.101. The monoisotopic (exact) mass is 562 g/mol. The van der Waals surface area contributed by atoms with E-state index >= 15 is 0 Å². The summed E-state index contributed by atoms with van der Waals surface area (Å²) in [7, 11) is -4.19. The van der Waals surface area contributed by atoms with Crippen molar-refractivity contribution >= 4 is 21.9 Å². The summed E-state index contributed by atoms with van der Waals surface area (Å²) in [4.78, 5) is 20.9. The van der Waals surface area contributed by atoms with Crippen LogP contribution in [-0.2, 0) is 21.0 Å². The number of aliphatic hydroxyl groups excluding tert-OH is 1. The van der Waals surface area contributed by atoms with Gasteiger partial charge in [0, 0.05) is 24.4 Å². The van der Waals surface area contributed by atoms with Gasteiger partial charge in [0.15, 0.2) is 23.3 Å². The molecule has 1 saturated carbocycles. The highest BCUT2D eigenvalue weighted by Crippen LogP contribution is 2.30. The molecule has 2 heterocycles. The fourth-order valence-electron chi connectivity index (χ4n) is 4.05. The van der Waals surface area contributed by atoms with Gasteiger partial charge < -0.3 is 10.4 Å². The minimum Gasteiger partial charge on any atom is -0.393 e. The van der Waals surface area contributed by atoms with Crippen molar-refractivity contribution in [2.45, 2.75) is 31.5 Å². The van der Waals surface area contributed by atoms with Crippen molar-refractivity contribution in [3.8, 4) is 0 Å². The maximum absolute atomic E-state index is 14.0. The number of aromatic nitrogens is 4. The lowest BCUT2D eigenvalue weighted by atomic mass is 10.1. The Kier molecular flexibility index (Phi) is 7.73. The van der Waals surface area contributed by atoms with E-state index in [9.17, 15) is 40.3 Å². The van der Waals surface area contributed by atoms with Gasteiger partial charge in [-0.3, -0.25) is 13.7 Å². The summed E-state index contributed by atoms with van der Waals surface area (Å²) >= 11 is 0. The molecule has 0 saturated heterocycles. The van der Waals surface area contributed by atoms with E-state index in [4.69, 9.17) is 5.14 Å². The number of nitrogens with zero attached hydrogens (tertiary/aromatic N) is 4. The van der Waals surface area contributed by atoms with Crippen molar-refractivity contribution in [2.24, 2.45) is 11.1 Å². The molecule has 17 heteroatoms. The number of carbonyl (C=O) groups is 1. The van der Waals surface area contributed by atoms with E-state index in [1.165, 1.54) is 12.3 Å². The Labute approximate surface area is 211 Å². The summed E-state index contributed by atoms with van der Waals surface area (Å²) in [6.07, 6.45) is 2.94. The molecule has 1 fully saturated rings. The molecule has 3 atom stereocenters. The average Bonchev–Trinajstić information content (AvgIpc) is 3.48. The summed E-state index contributed by atoms with van der Waals surface area (Å²) in [6.45, 7) is -1.19. The number of nitrogens with one attached hydrogen (secondary N) is 1. The Hall–Kier alpha value is -3.54. The summed E-state index contributed by atoms with van der Waals surface area (Å²) < 4.78 is 95.7. The minimum absolute atomic E-state index is 0.0598. The molecule has 38 heavy (non-hydrogen) atoms. The molecule has 4 rings (SSSR count). The fraction of sp³-hybridized carbons (Fsp3) is 0.333. The largest absolute Gasteiger partial charge is 0.393 e. The topological polar surface area (TPSA) is 162 Å². The molecule has 204 valence electrons. The number of rotatable bonds is 9. The number of hydrogen-bond acceptors (Lipinski definition) is 9. The van der Waals surface area contributed by atoms with E-state index < -0.39 is 75.3 Å². The average molecular weight is 562 g/mol. The summed E-state index contributed by atoms with van der Waals surface area (Å²) in [5.41, 5.74) is -1.43. The van der Waals surface area contributed by atoms with Crippen LogP contribution in [0.3, 0.4) is 0 Å². The fourth-order valence-corrected chi connectivity index (χ4v) is 4.41. The van der Waals surface area contributed by atoms with Crippen LogP contribution in [0.4, 0.5) is 27.8 Å². The molecule has 2 aromatic heterocycles. The number of carbonyl (C=O) groups excluding carboxylic acids is 1. The Morgan fingerprint density at radius 1 is 1.13 bits per heavy atom. The van der Waals surface area contributed by atoms with E-state index in [0.717, 1.165) is 17.2 Å². The predicted octanol–water partition coefficient (Wildman–Crippen LogP) is 1.42. The maximum atomic E-state index is 14.0. The van der Waals surface area contributed by atoms with Crippen molar-refractivity contribution in [3.63, 3.8) is 0 Å². The van der Waals surface area contributed by atoms with E-state index in [-0.39, 0.29) is 36.5 Å². The molecule has 4 N–H and O–H groups in total.